The van der Waals surface area contributed by atoms with E-state index in [9.17, 15) is 4.79 Å². The van der Waals surface area contributed by atoms with Crippen LogP contribution in [0.4, 0.5) is 0 Å². The van der Waals surface area contributed by atoms with Gasteiger partial charge in [-0.1, -0.05) is 13.8 Å². The van der Waals surface area contributed by atoms with E-state index in [1.54, 1.807) is 18.9 Å². The Hall–Kier alpha value is -0.590. The molecule has 0 radical (unpaired) electrons. The van der Waals surface area contributed by atoms with Crippen molar-refractivity contribution in [3.05, 3.63) is 15.6 Å². The SMILES string of the molecule is COCc1nc(CSC(C)C)sc1CC(=O)O. The minimum absolute atomic E-state index is 0.0305. The van der Waals surface area contributed by atoms with Crippen LogP contribution in [0.15, 0.2) is 0 Å². The number of hydrogen-bond acceptors (Lipinski definition) is 5. The van der Waals surface area contributed by atoms with E-state index >= 15 is 0 Å². The lowest BCUT2D eigenvalue weighted by Crippen LogP contribution is -2.01. The molecule has 0 aromatic carbocycles. The third kappa shape index (κ3) is 5.06. The molecule has 0 bridgehead atoms. The number of hydrogen-bond donors (Lipinski definition) is 1. The summed E-state index contributed by atoms with van der Waals surface area (Å²) in [4.78, 5) is 16.0. The molecule has 1 N–H and O–H groups in total. The summed E-state index contributed by atoms with van der Waals surface area (Å²) in [6.45, 7) is 4.64. The number of methoxy groups -OCH3 is 1. The number of thiazole rings is 1. The molecule has 0 aliphatic rings. The smallest absolute Gasteiger partial charge is 0.308 e. The fraction of sp³-hybridized carbons (Fsp3) is 0.636. The zero-order chi connectivity index (χ0) is 12.8. The number of aliphatic carboxylic acids is 1. The third-order valence-electron chi connectivity index (χ3n) is 1.96. The van der Waals surface area contributed by atoms with Crippen LogP contribution < -0.4 is 0 Å². The van der Waals surface area contributed by atoms with E-state index in [4.69, 9.17) is 9.84 Å². The Bertz CT molecular complexity index is 377. The molecule has 0 spiro atoms. The number of carboxylic acids is 1. The van der Waals surface area contributed by atoms with Gasteiger partial charge in [-0.2, -0.15) is 11.8 Å². The van der Waals surface area contributed by atoms with E-state index in [1.807, 2.05) is 0 Å². The molecular formula is C11H17NO3S2. The predicted molar refractivity (Wildman–Crippen MR) is 70.6 cm³/mol. The molecule has 1 aromatic heterocycles. The van der Waals surface area contributed by atoms with E-state index in [0.29, 0.717) is 11.9 Å². The first-order valence-electron chi connectivity index (χ1n) is 5.32. The zero-order valence-corrected chi connectivity index (χ0v) is 11.9. The van der Waals surface area contributed by atoms with Crippen LogP contribution >= 0.6 is 23.1 Å². The van der Waals surface area contributed by atoms with Gasteiger partial charge in [-0.25, -0.2) is 4.98 Å². The second-order valence-corrected chi connectivity index (χ2v) is 6.57. The minimum atomic E-state index is -0.825. The normalized spacial score (nSPS) is 11.1. The molecule has 0 atom stereocenters. The number of nitrogens with zero attached hydrogens (tertiary/aromatic N) is 1. The summed E-state index contributed by atoms with van der Waals surface area (Å²) < 4.78 is 5.03. The lowest BCUT2D eigenvalue weighted by molar-refractivity contribution is -0.136. The van der Waals surface area contributed by atoms with Gasteiger partial charge in [0.2, 0.25) is 0 Å². The zero-order valence-electron chi connectivity index (χ0n) is 10.2. The monoisotopic (exact) mass is 275 g/mol. The molecule has 4 nitrogen and oxygen atoms in total. The van der Waals surface area contributed by atoms with Crippen molar-refractivity contribution in [3.8, 4) is 0 Å². The number of carbonyl (C=O) groups is 1. The molecule has 1 aromatic rings. The molecule has 96 valence electrons. The van der Waals surface area contributed by atoms with E-state index in [2.05, 4.69) is 18.8 Å². The van der Waals surface area contributed by atoms with Gasteiger partial charge in [-0.15, -0.1) is 11.3 Å². The molecule has 1 rings (SSSR count). The summed E-state index contributed by atoms with van der Waals surface area (Å²) in [5.74, 6) is 0.00707. The highest BCUT2D eigenvalue weighted by Crippen LogP contribution is 2.25. The van der Waals surface area contributed by atoms with Crippen LogP contribution in [-0.2, 0) is 28.3 Å². The second-order valence-electron chi connectivity index (χ2n) is 3.84. The third-order valence-corrected chi connectivity index (χ3v) is 4.34. The lowest BCUT2D eigenvalue weighted by atomic mass is 10.3. The first-order valence-corrected chi connectivity index (χ1v) is 7.19. The maximum absolute atomic E-state index is 10.7. The molecule has 0 amide bonds. The van der Waals surface area contributed by atoms with E-state index < -0.39 is 5.97 Å². The Morgan fingerprint density at radius 2 is 2.29 bits per heavy atom. The average Bonchev–Trinajstić information content (AvgIpc) is 2.58. The highest BCUT2D eigenvalue weighted by molar-refractivity contribution is 7.99. The number of thioether (sulfide) groups is 1. The number of rotatable bonds is 7. The van der Waals surface area contributed by atoms with E-state index in [0.717, 1.165) is 21.3 Å². The van der Waals surface area contributed by atoms with Crippen LogP contribution in [0.25, 0.3) is 0 Å². The topological polar surface area (TPSA) is 59.4 Å². The predicted octanol–water partition coefficient (Wildman–Crippen LogP) is 2.56. The summed E-state index contributed by atoms with van der Waals surface area (Å²) in [7, 11) is 1.59. The molecule has 17 heavy (non-hydrogen) atoms. The Morgan fingerprint density at radius 1 is 1.59 bits per heavy atom. The highest BCUT2D eigenvalue weighted by atomic mass is 32.2. The van der Waals surface area contributed by atoms with Crippen molar-refractivity contribution < 1.29 is 14.6 Å². The molecule has 0 unspecified atom stereocenters. The Kier molecular flexibility index (Phi) is 5.94. The molecule has 0 saturated carbocycles. The van der Waals surface area contributed by atoms with E-state index in [1.165, 1.54) is 11.3 Å². The van der Waals surface area contributed by atoms with Crippen molar-refractivity contribution in [2.24, 2.45) is 0 Å². The summed E-state index contributed by atoms with van der Waals surface area (Å²) in [5, 5.41) is 10.3. The van der Waals surface area contributed by atoms with Crippen molar-refractivity contribution in [2.75, 3.05) is 7.11 Å². The van der Waals surface area contributed by atoms with Gasteiger partial charge in [-0.3, -0.25) is 4.79 Å². The maximum Gasteiger partial charge on any atom is 0.308 e. The minimum Gasteiger partial charge on any atom is -0.481 e. The van der Waals surface area contributed by atoms with Gasteiger partial charge in [0, 0.05) is 17.7 Å². The van der Waals surface area contributed by atoms with Crippen LogP contribution in [-0.4, -0.2) is 28.4 Å². The van der Waals surface area contributed by atoms with Crippen LogP contribution in [0.2, 0.25) is 0 Å². The summed E-state index contributed by atoms with van der Waals surface area (Å²) in [5.41, 5.74) is 0.763. The largest absolute Gasteiger partial charge is 0.481 e. The van der Waals surface area contributed by atoms with Gasteiger partial charge in [-0.05, 0) is 5.25 Å². The second kappa shape index (κ2) is 6.98. The first-order chi connectivity index (χ1) is 8.02. The molecular weight excluding hydrogens is 258 g/mol. The highest BCUT2D eigenvalue weighted by Gasteiger charge is 2.14. The van der Waals surface area contributed by atoms with Gasteiger partial charge in [0.05, 0.1) is 18.7 Å². The number of aromatic nitrogens is 1. The Morgan fingerprint density at radius 3 is 2.82 bits per heavy atom. The van der Waals surface area contributed by atoms with Gasteiger partial charge in [0.25, 0.3) is 0 Å². The fourth-order valence-electron chi connectivity index (χ4n) is 1.26. The van der Waals surface area contributed by atoms with Crippen LogP contribution in [0.5, 0.6) is 0 Å². The van der Waals surface area contributed by atoms with Gasteiger partial charge >= 0.3 is 5.97 Å². The summed E-state index contributed by atoms with van der Waals surface area (Å²) in [6.07, 6.45) is 0.0305. The molecule has 0 aliphatic carbocycles. The quantitative estimate of drug-likeness (QED) is 0.828. The fourth-order valence-corrected chi connectivity index (χ4v) is 3.10. The van der Waals surface area contributed by atoms with Gasteiger partial charge < -0.3 is 9.84 Å². The first kappa shape index (κ1) is 14.5. The van der Waals surface area contributed by atoms with Crippen molar-refractivity contribution in [1.29, 1.82) is 0 Å². The Balaban J connectivity index is 2.75. The molecule has 6 heteroatoms. The molecule has 0 fully saturated rings. The van der Waals surface area contributed by atoms with Gasteiger partial charge in [0.1, 0.15) is 5.01 Å². The van der Waals surface area contributed by atoms with Crippen molar-refractivity contribution in [1.82, 2.24) is 4.98 Å². The Labute approximate surface area is 109 Å². The lowest BCUT2D eigenvalue weighted by Gasteiger charge is -2.00. The average molecular weight is 275 g/mol. The van der Waals surface area contributed by atoms with Crippen LogP contribution in [0.3, 0.4) is 0 Å². The van der Waals surface area contributed by atoms with Crippen molar-refractivity contribution >= 4 is 29.1 Å². The standard InChI is InChI=1S/C11H17NO3S2/c1-7(2)16-6-10-12-8(5-15-3)9(17-10)4-11(13)14/h7H,4-6H2,1-3H3,(H,13,14). The van der Waals surface area contributed by atoms with Gasteiger partial charge in [0.15, 0.2) is 0 Å². The van der Waals surface area contributed by atoms with Crippen molar-refractivity contribution in [3.63, 3.8) is 0 Å². The van der Waals surface area contributed by atoms with Crippen LogP contribution in [0, 0.1) is 0 Å². The number of ether oxygens (including phenoxy) is 1. The molecule has 0 aliphatic heterocycles. The molecule has 0 saturated heterocycles. The van der Waals surface area contributed by atoms with Crippen LogP contribution in [0.1, 0.15) is 29.4 Å². The summed E-state index contributed by atoms with van der Waals surface area (Å²) >= 11 is 3.28. The van der Waals surface area contributed by atoms with E-state index in [-0.39, 0.29) is 6.42 Å². The maximum atomic E-state index is 10.7. The number of carboxylic acid groups (broad SMARTS) is 1. The van der Waals surface area contributed by atoms with Crippen molar-refractivity contribution in [2.45, 2.75) is 37.9 Å². The summed E-state index contributed by atoms with van der Waals surface area (Å²) in [6, 6.07) is 0. The molecule has 1 heterocycles.